The Bertz CT molecular complexity index is 620. The summed E-state index contributed by atoms with van der Waals surface area (Å²) in [7, 11) is 0. The van der Waals surface area contributed by atoms with E-state index in [1.54, 1.807) is 18.2 Å². The monoisotopic (exact) mass is 271 g/mol. The molecule has 0 radical (unpaired) electrons. The first-order valence-electron chi connectivity index (χ1n) is 6.27. The molecule has 4 N–H and O–H groups in total. The van der Waals surface area contributed by atoms with Crippen molar-refractivity contribution in [2.24, 2.45) is 5.73 Å². The summed E-state index contributed by atoms with van der Waals surface area (Å²) in [6.45, 7) is 5.40. The molecule has 20 heavy (non-hydrogen) atoms. The highest BCUT2D eigenvalue weighted by atomic mass is 16.2. The Kier molecular flexibility index (Phi) is 4.27. The summed E-state index contributed by atoms with van der Waals surface area (Å²) < 4.78 is 0. The molecular weight excluding hydrogens is 254 g/mol. The van der Waals surface area contributed by atoms with Crippen LogP contribution < -0.4 is 11.1 Å². The SMILES string of the molecule is C=CCC(N)C(=O)Nc1cccc(-c2n[nH]c(C)n2)c1. The summed E-state index contributed by atoms with van der Waals surface area (Å²) in [5.41, 5.74) is 7.20. The van der Waals surface area contributed by atoms with E-state index in [0.717, 1.165) is 11.4 Å². The summed E-state index contributed by atoms with van der Waals surface area (Å²) >= 11 is 0. The van der Waals surface area contributed by atoms with Crippen molar-refractivity contribution in [1.29, 1.82) is 0 Å². The third kappa shape index (κ3) is 3.30. The fourth-order valence-electron chi connectivity index (χ4n) is 1.73. The van der Waals surface area contributed by atoms with E-state index in [1.165, 1.54) is 0 Å². The van der Waals surface area contributed by atoms with Crippen LogP contribution in [0, 0.1) is 6.92 Å². The molecule has 1 aromatic heterocycles. The van der Waals surface area contributed by atoms with E-state index in [0.29, 0.717) is 17.9 Å². The third-order valence-corrected chi connectivity index (χ3v) is 2.74. The smallest absolute Gasteiger partial charge is 0.241 e. The predicted molar refractivity (Wildman–Crippen MR) is 78.0 cm³/mol. The van der Waals surface area contributed by atoms with E-state index < -0.39 is 6.04 Å². The molecule has 2 rings (SSSR count). The first-order valence-corrected chi connectivity index (χ1v) is 6.27. The van der Waals surface area contributed by atoms with Crippen LogP contribution in [0.3, 0.4) is 0 Å². The molecule has 0 saturated heterocycles. The average Bonchev–Trinajstić information content (AvgIpc) is 2.86. The normalized spacial score (nSPS) is 11.9. The van der Waals surface area contributed by atoms with Gasteiger partial charge in [-0.15, -0.1) is 6.58 Å². The van der Waals surface area contributed by atoms with E-state index >= 15 is 0 Å². The standard InChI is InChI=1S/C14H17N5O/c1-3-5-12(15)14(20)17-11-7-4-6-10(8-11)13-16-9(2)18-19-13/h3-4,6-8,12H,1,5,15H2,2H3,(H,17,20)(H,16,18,19). The minimum absolute atomic E-state index is 0.242. The summed E-state index contributed by atoms with van der Waals surface area (Å²) in [5, 5.41) is 9.63. The molecule has 0 aliphatic carbocycles. The summed E-state index contributed by atoms with van der Waals surface area (Å²) in [6, 6.07) is 6.71. The van der Waals surface area contributed by atoms with Gasteiger partial charge in [-0.1, -0.05) is 18.2 Å². The van der Waals surface area contributed by atoms with Crippen molar-refractivity contribution in [3.05, 3.63) is 42.7 Å². The van der Waals surface area contributed by atoms with Crippen LogP contribution in [0.25, 0.3) is 11.4 Å². The van der Waals surface area contributed by atoms with E-state index in [-0.39, 0.29) is 5.91 Å². The van der Waals surface area contributed by atoms with Gasteiger partial charge in [0, 0.05) is 11.3 Å². The van der Waals surface area contributed by atoms with Crippen LogP contribution in [0.4, 0.5) is 5.69 Å². The van der Waals surface area contributed by atoms with Gasteiger partial charge in [0.25, 0.3) is 0 Å². The third-order valence-electron chi connectivity index (χ3n) is 2.74. The molecule has 0 bridgehead atoms. The van der Waals surface area contributed by atoms with Gasteiger partial charge in [0.15, 0.2) is 5.82 Å². The molecule has 104 valence electrons. The maximum absolute atomic E-state index is 11.8. The maximum atomic E-state index is 11.8. The molecule has 6 heteroatoms. The quantitative estimate of drug-likeness (QED) is 0.720. The molecule has 0 aliphatic heterocycles. The number of nitrogens with two attached hydrogens (primary N) is 1. The number of nitrogens with one attached hydrogen (secondary N) is 2. The Hall–Kier alpha value is -2.47. The fourth-order valence-corrected chi connectivity index (χ4v) is 1.73. The Morgan fingerprint density at radius 2 is 2.40 bits per heavy atom. The van der Waals surface area contributed by atoms with Crippen molar-refractivity contribution in [3.63, 3.8) is 0 Å². The number of benzene rings is 1. The van der Waals surface area contributed by atoms with Crippen LogP contribution in [0.1, 0.15) is 12.2 Å². The van der Waals surface area contributed by atoms with Gasteiger partial charge in [-0.25, -0.2) is 4.98 Å². The van der Waals surface area contributed by atoms with Gasteiger partial charge in [-0.3, -0.25) is 9.89 Å². The minimum atomic E-state index is -0.595. The van der Waals surface area contributed by atoms with Crippen molar-refractivity contribution in [2.45, 2.75) is 19.4 Å². The largest absolute Gasteiger partial charge is 0.325 e. The molecule has 1 atom stereocenters. The fraction of sp³-hybridized carbons (Fsp3) is 0.214. The second-order valence-corrected chi connectivity index (χ2v) is 4.45. The number of hydrogen-bond acceptors (Lipinski definition) is 4. The lowest BCUT2D eigenvalue weighted by Gasteiger charge is -2.10. The van der Waals surface area contributed by atoms with Crippen molar-refractivity contribution < 1.29 is 4.79 Å². The number of nitrogens with zero attached hydrogens (tertiary/aromatic N) is 2. The average molecular weight is 271 g/mol. The number of anilines is 1. The van der Waals surface area contributed by atoms with Crippen LogP contribution >= 0.6 is 0 Å². The molecule has 6 nitrogen and oxygen atoms in total. The van der Waals surface area contributed by atoms with Crippen LogP contribution in [0.2, 0.25) is 0 Å². The van der Waals surface area contributed by atoms with E-state index in [4.69, 9.17) is 5.73 Å². The molecule has 1 aromatic carbocycles. The zero-order chi connectivity index (χ0) is 14.5. The van der Waals surface area contributed by atoms with E-state index in [1.807, 2.05) is 19.1 Å². The van der Waals surface area contributed by atoms with Crippen LogP contribution in [-0.2, 0) is 4.79 Å². The minimum Gasteiger partial charge on any atom is -0.325 e. The van der Waals surface area contributed by atoms with E-state index in [2.05, 4.69) is 27.1 Å². The molecule has 1 amide bonds. The number of aromatic nitrogens is 3. The molecule has 0 saturated carbocycles. The Morgan fingerprint density at radius 1 is 1.60 bits per heavy atom. The van der Waals surface area contributed by atoms with Crippen LogP contribution in [0.5, 0.6) is 0 Å². The van der Waals surface area contributed by atoms with Gasteiger partial charge >= 0.3 is 0 Å². The maximum Gasteiger partial charge on any atom is 0.241 e. The number of amides is 1. The molecule has 0 spiro atoms. The highest BCUT2D eigenvalue weighted by Gasteiger charge is 2.12. The molecule has 2 aromatic rings. The number of hydrogen-bond donors (Lipinski definition) is 3. The summed E-state index contributed by atoms with van der Waals surface area (Å²) in [6.07, 6.45) is 2.06. The van der Waals surface area contributed by atoms with Gasteiger partial charge in [0.2, 0.25) is 5.91 Å². The Labute approximate surface area is 117 Å². The first-order chi connectivity index (χ1) is 9.60. The highest BCUT2D eigenvalue weighted by Crippen LogP contribution is 2.19. The number of carbonyl (C=O) groups excluding carboxylic acids is 1. The number of H-pyrrole nitrogens is 1. The predicted octanol–water partition coefficient (Wildman–Crippen LogP) is 1.62. The van der Waals surface area contributed by atoms with Gasteiger partial charge in [0.05, 0.1) is 6.04 Å². The second-order valence-electron chi connectivity index (χ2n) is 4.45. The number of aromatic amines is 1. The Balaban J connectivity index is 2.14. The van der Waals surface area contributed by atoms with Gasteiger partial charge in [-0.05, 0) is 25.5 Å². The molecule has 1 heterocycles. The molecule has 1 unspecified atom stereocenters. The zero-order valence-corrected chi connectivity index (χ0v) is 11.3. The van der Waals surface area contributed by atoms with Gasteiger partial charge in [0.1, 0.15) is 5.82 Å². The van der Waals surface area contributed by atoms with Crippen molar-refractivity contribution in [1.82, 2.24) is 15.2 Å². The van der Waals surface area contributed by atoms with E-state index in [9.17, 15) is 4.79 Å². The molecular formula is C14H17N5O. The first kappa shape index (κ1) is 14.0. The summed E-state index contributed by atoms with van der Waals surface area (Å²) in [5.74, 6) is 1.09. The number of rotatable bonds is 5. The topological polar surface area (TPSA) is 96.7 Å². The lowest BCUT2D eigenvalue weighted by molar-refractivity contribution is -0.117. The van der Waals surface area contributed by atoms with Crippen LogP contribution in [-0.4, -0.2) is 27.1 Å². The highest BCUT2D eigenvalue weighted by molar-refractivity contribution is 5.95. The Morgan fingerprint density at radius 3 is 3.05 bits per heavy atom. The molecule has 0 fully saturated rings. The zero-order valence-electron chi connectivity index (χ0n) is 11.3. The van der Waals surface area contributed by atoms with Gasteiger partial charge < -0.3 is 11.1 Å². The van der Waals surface area contributed by atoms with Crippen LogP contribution in [0.15, 0.2) is 36.9 Å². The molecule has 0 aliphatic rings. The number of aryl methyl sites for hydroxylation is 1. The summed E-state index contributed by atoms with van der Waals surface area (Å²) in [4.78, 5) is 16.1. The van der Waals surface area contributed by atoms with Crippen molar-refractivity contribution in [2.75, 3.05) is 5.32 Å². The lowest BCUT2D eigenvalue weighted by Crippen LogP contribution is -2.35. The lowest BCUT2D eigenvalue weighted by atomic mass is 10.1. The second kappa shape index (κ2) is 6.12. The number of carbonyl (C=O) groups is 1. The van der Waals surface area contributed by atoms with Crippen molar-refractivity contribution >= 4 is 11.6 Å². The van der Waals surface area contributed by atoms with Crippen molar-refractivity contribution in [3.8, 4) is 11.4 Å². The van der Waals surface area contributed by atoms with Gasteiger partial charge in [-0.2, -0.15) is 5.10 Å².